The van der Waals surface area contributed by atoms with E-state index in [0.29, 0.717) is 6.42 Å². The van der Waals surface area contributed by atoms with E-state index in [4.69, 9.17) is 4.74 Å². The van der Waals surface area contributed by atoms with Gasteiger partial charge in [-0.25, -0.2) is 4.79 Å². The Balaban J connectivity index is 1.58. The van der Waals surface area contributed by atoms with E-state index >= 15 is 0 Å². The Bertz CT molecular complexity index is 732. The zero-order chi connectivity index (χ0) is 24.0. The van der Waals surface area contributed by atoms with Gasteiger partial charge in [0.25, 0.3) is 0 Å². The van der Waals surface area contributed by atoms with Crippen molar-refractivity contribution in [2.45, 2.75) is 55.3 Å². The van der Waals surface area contributed by atoms with Crippen molar-refractivity contribution in [2.24, 2.45) is 5.92 Å². The van der Waals surface area contributed by atoms with E-state index in [2.05, 4.69) is 51.9 Å². The van der Waals surface area contributed by atoms with Crippen LogP contribution in [0.15, 0.2) is 12.2 Å². The molecule has 0 aromatic carbocycles. The summed E-state index contributed by atoms with van der Waals surface area (Å²) in [4.78, 5) is 42.1. The molecule has 0 bridgehead atoms. The van der Waals surface area contributed by atoms with Crippen LogP contribution in [0.2, 0.25) is 0 Å². The maximum Gasteiger partial charge on any atom is 0.413 e. The lowest BCUT2D eigenvalue weighted by atomic mass is 10.0. The van der Waals surface area contributed by atoms with E-state index in [1.165, 1.54) is 11.8 Å². The quantitative estimate of drug-likeness (QED) is 0.444. The van der Waals surface area contributed by atoms with Crippen molar-refractivity contribution in [3.63, 3.8) is 0 Å². The first-order chi connectivity index (χ1) is 15.8. The first kappa shape index (κ1) is 26.3. The molecule has 3 amide bonds. The summed E-state index contributed by atoms with van der Waals surface area (Å²) >= 11 is 3.17. The number of carbonyl (C=O) groups is 3. The number of hydrogen-bond acceptors (Lipinski definition) is 9. The molecule has 186 valence electrons. The van der Waals surface area contributed by atoms with Gasteiger partial charge in [-0.2, -0.15) is 0 Å². The molecule has 6 unspecified atom stereocenters. The first-order valence-corrected chi connectivity index (χ1v) is 13.7. The van der Waals surface area contributed by atoms with Gasteiger partial charge in [0, 0.05) is 43.5 Å². The lowest BCUT2D eigenvalue weighted by molar-refractivity contribution is -0.125. The molecular formula is C22H37N5O4S2. The van der Waals surface area contributed by atoms with Crippen LogP contribution in [0.5, 0.6) is 0 Å². The number of ether oxygens (including phenoxy) is 1. The largest absolute Gasteiger partial charge is 0.450 e. The molecule has 3 fully saturated rings. The maximum atomic E-state index is 13.1. The smallest absolute Gasteiger partial charge is 0.413 e. The van der Waals surface area contributed by atoms with Crippen LogP contribution < -0.4 is 16.0 Å². The maximum absolute atomic E-state index is 13.1. The third-order valence-corrected chi connectivity index (χ3v) is 8.99. The highest BCUT2D eigenvalue weighted by Crippen LogP contribution is 2.34. The average Bonchev–Trinajstić information content (AvgIpc) is 3.39. The normalized spacial score (nSPS) is 32.1. The molecule has 0 aromatic heterocycles. The number of amides is 3. The second-order valence-corrected chi connectivity index (χ2v) is 11.4. The highest BCUT2D eigenvalue weighted by molar-refractivity contribution is 8.01. The third kappa shape index (κ3) is 6.88. The van der Waals surface area contributed by atoms with E-state index in [9.17, 15) is 14.4 Å². The molecule has 33 heavy (non-hydrogen) atoms. The van der Waals surface area contributed by atoms with Crippen LogP contribution in [0.4, 0.5) is 4.79 Å². The lowest BCUT2D eigenvalue weighted by Gasteiger charge is -2.40. The Labute approximate surface area is 205 Å². The van der Waals surface area contributed by atoms with Crippen LogP contribution in [0.1, 0.15) is 27.2 Å². The standard InChI is InChI=1S/C22H37N5O4S2/c1-5-7-16(27-11-9-26(4)10-12-27)17-14(3)33-21(23-17)19(29)24-20-15(8-13-32-20)18(28)25-22(30)31-6-2/h5,7,14-17,20-21,23H,6,8-13H2,1-4H3,(H,24,29)(H,25,28,30). The number of imide groups is 1. The van der Waals surface area contributed by atoms with Crippen molar-refractivity contribution in [2.75, 3.05) is 45.6 Å². The number of rotatable bonds is 7. The van der Waals surface area contributed by atoms with Crippen LogP contribution >= 0.6 is 23.5 Å². The molecule has 6 atom stereocenters. The summed E-state index contributed by atoms with van der Waals surface area (Å²) in [5.41, 5.74) is 0. The highest BCUT2D eigenvalue weighted by Gasteiger charge is 2.43. The number of nitrogens with one attached hydrogen (secondary N) is 3. The van der Waals surface area contributed by atoms with Gasteiger partial charge in [-0.15, -0.1) is 23.5 Å². The molecule has 0 aliphatic carbocycles. The van der Waals surface area contributed by atoms with Gasteiger partial charge in [0.05, 0.1) is 17.9 Å². The molecule has 0 aromatic rings. The fourth-order valence-electron chi connectivity index (χ4n) is 4.53. The molecule has 0 radical (unpaired) electrons. The van der Waals surface area contributed by atoms with Crippen molar-refractivity contribution < 1.29 is 19.1 Å². The van der Waals surface area contributed by atoms with Crippen LogP contribution in [-0.4, -0.2) is 101 Å². The Morgan fingerprint density at radius 2 is 1.94 bits per heavy atom. The number of allylic oxidation sites excluding steroid dienone is 1. The summed E-state index contributed by atoms with van der Waals surface area (Å²) in [7, 11) is 2.15. The number of likely N-dealkylation sites (N-methyl/N-ethyl adjacent to an activating group) is 1. The Hall–Kier alpha value is -1.27. The van der Waals surface area contributed by atoms with Gasteiger partial charge < -0.3 is 15.0 Å². The summed E-state index contributed by atoms with van der Waals surface area (Å²) in [6.07, 6.45) is 4.20. The Kier molecular flexibility index (Phi) is 9.93. The second kappa shape index (κ2) is 12.4. The fraction of sp³-hybridized carbons (Fsp3) is 0.773. The molecule has 0 spiro atoms. The van der Waals surface area contributed by atoms with Gasteiger partial charge in [-0.3, -0.25) is 25.1 Å². The van der Waals surface area contributed by atoms with Crippen molar-refractivity contribution >= 4 is 41.4 Å². The first-order valence-electron chi connectivity index (χ1n) is 11.7. The summed E-state index contributed by atoms with van der Waals surface area (Å²) in [6.45, 7) is 10.2. The number of piperazine rings is 1. The predicted molar refractivity (Wildman–Crippen MR) is 133 cm³/mol. The van der Waals surface area contributed by atoms with Crippen LogP contribution in [0, 0.1) is 5.92 Å². The van der Waals surface area contributed by atoms with Crippen molar-refractivity contribution in [1.29, 1.82) is 0 Å². The number of hydrogen-bond donors (Lipinski definition) is 3. The van der Waals surface area contributed by atoms with E-state index in [1.807, 2.05) is 6.92 Å². The summed E-state index contributed by atoms with van der Waals surface area (Å²) in [6, 6.07) is 0.387. The molecule has 9 nitrogen and oxygen atoms in total. The molecule has 3 N–H and O–H groups in total. The highest BCUT2D eigenvalue weighted by atomic mass is 32.2. The van der Waals surface area contributed by atoms with Gasteiger partial charge >= 0.3 is 6.09 Å². The summed E-state index contributed by atoms with van der Waals surface area (Å²) in [5.74, 6) is -0.210. The minimum absolute atomic E-state index is 0.111. The average molecular weight is 500 g/mol. The summed E-state index contributed by atoms with van der Waals surface area (Å²) < 4.78 is 4.80. The lowest BCUT2D eigenvalue weighted by Crippen LogP contribution is -2.57. The van der Waals surface area contributed by atoms with Gasteiger partial charge in [0.1, 0.15) is 5.37 Å². The number of thioether (sulfide) groups is 2. The molecular weight excluding hydrogens is 462 g/mol. The van der Waals surface area contributed by atoms with Crippen LogP contribution in [-0.2, 0) is 14.3 Å². The molecule has 3 saturated heterocycles. The zero-order valence-electron chi connectivity index (χ0n) is 19.9. The predicted octanol–water partition coefficient (Wildman–Crippen LogP) is 1.07. The van der Waals surface area contributed by atoms with Crippen molar-refractivity contribution in [3.8, 4) is 0 Å². The van der Waals surface area contributed by atoms with E-state index in [-0.39, 0.29) is 40.6 Å². The van der Waals surface area contributed by atoms with Crippen LogP contribution in [0.3, 0.4) is 0 Å². The van der Waals surface area contributed by atoms with Crippen LogP contribution in [0.25, 0.3) is 0 Å². The minimum Gasteiger partial charge on any atom is -0.450 e. The third-order valence-electron chi connectivity index (χ3n) is 6.37. The van der Waals surface area contributed by atoms with Gasteiger partial charge in [0.2, 0.25) is 11.8 Å². The van der Waals surface area contributed by atoms with E-state index in [1.54, 1.807) is 18.7 Å². The fourth-order valence-corrected chi connectivity index (χ4v) is 7.13. The Morgan fingerprint density at radius 1 is 1.21 bits per heavy atom. The SMILES string of the molecule is CC=CC(C1NC(C(=O)NC2SCCC2C(=O)NC(=O)OCC)SC1C)N1CCN(C)CC1. The van der Waals surface area contributed by atoms with Gasteiger partial charge in [-0.05, 0) is 33.1 Å². The second-order valence-electron chi connectivity index (χ2n) is 8.67. The molecule has 3 heterocycles. The molecule has 3 aliphatic heterocycles. The van der Waals surface area contributed by atoms with Crippen molar-refractivity contribution in [3.05, 3.63) is 12.2 Å². The molecule has 3 rings (SSSR count). The van der Waals surface area contributed by atoms with Gasteiger partial charge in [-0.1, -0.05) is 19.1 Å². The molecule has 3 aliphatic rings. The van der Waals surface area contributed by atoms with Crippen molar-refractivity contribution in [1.82, 2.24) is 25.8 Å². The molecule has 0 saturated carbocycles. The number of nitrogens with zero attached hydrogens (tertiary/aromatic N) is 2. The Morgan fingerprint density at radius 3 is 2.61 bits per heavy atom. The van der Waals surface area contributed by atoms with E-state index < -0.39 is 17.9 Å². The number of carbonyl (C=O) groups excluding carboxylic acids is 3. The monoisotopic (exact) mass is 499 g/mol. The molecule has 11 heteroatoms. The van der Waals surface area contributed by atoms with Gasteiger partial charge in [0.15, 0.2) is 0 Å². The topological polar surface area (TPSA) is 103 Å². The van der Waals surface area contributed by atoms with E-state index in [0.717, 1.165) is 31.9 Å². The number of alkyl carbamates (subject to hydrolysis) is 1. The minimum atomic E-state index is -0.743. The summed E-state index contributed by atoms with van der Waals surface area (Å²) in [5, 5.41) is 8.42. The zero-order valence-corrected chi connectivity index (χ0v) is 21.5.